The fourth-order valence-electron chi connectivity index (χ4n) is 2.30. The molecule has 3 N–H and O–H groups in total. The molecule has 2 amide bonds. The highest BCUT2D eigenvalue weighted by Crippen LogP contribution is 2.18. The predicted molar refractivity (Wildman–Crippen MR) is 96.5 cm³/mol. The van der Waals surface area contributed by atoms with Crippen molar-refractivity contribution < 1.29 is 19.5 Å². The van der Waals surface area contributed by atoms with Crippen LogP contribution in [0, 0.1) is 0 Å². The highest BCUT2D eigenvalue weighted by atomic mass is 16.4. The van der Waals surface area contributed by atoms with Crippen molar-refractivity contribution in [3.8, 4) is 0 Å². The van der Waals surface area contributed by atoms with Crippen LogP contribution >= 0.6 is 0 Å². The largest absolute Gasteiger partial charge is 0.480 e. The summed E-state index contributed by atoms with van der Waals surface area (Å²) in [4.78, 5) is 36.0. The molecule has 0 spiro atoms. The highest BCUT2D eigenvalue weighted by molar-refractivity contribution is 5.92. The molecule has 0 heterocycles. The lowest BCUT2D eigenvalue weighted by atomic mass is 10.0. The molecular weight excluding hydrogens is 322 g/mol. The molecule has 0 aromatic heterocycles. The van der Waals surface area contributed by atoms with Crippen LogP contribution in [0.2, 0.25) is 0 Å². The predicted octanol–water partition coefficient (Wildman–Crippen LogP) is 1.66. The number of aliphatic carboxylic acids is 1. The molecule has 1 aromatic rings. The van der Waals surface area contributed by atoms with Gasteiger partial charge in [0.25, 0.3) is 0 Å². The molecule has 7 nitrogen and oxygen atoms in total. The molecular formula is C18H27N3O4. The first-order chi connectivity index (χ1) is 11.7. The lowest BCUT2D eigenvalue weighted by Gasteiger charge is -2.25. The van der Waals surface area contributed by atoms with Gasteiger partial charge in [-0.1, -0.05) is 26.0 Å². The maximum atomic E-state index is 12.3. The van der Waals surface area contributed by atoms with Gasteiger partial charge in [-0.15, -0.1) is 0 Å². The van der Waals surface area contributed by atoms with E-state index in [1.54, 1.807) is 6.07 Å². The molecule has 1 unspecified atom stereocenters. The van der Waals surface area contributed by atoms with Crippen LogP contribution in [0.3, 0.4) is 0 Å². The average Bonchev–Trinajstić information content (AvgIpc) is 2.52. The Morgan fingerprint density at radius 3 is 2.44 bits per heavy atom. The monoisotopic (exact) mass is 349 g/mol. The van der Waals surface area contributed by atoms with E-state index in [1.165, 1.54) is 18.7 Å². The minimum atomic E-state index is -1.02. The fraction of sp³-hybridized carbons (Fsp3) is 0.500. The van der Waals surface area contributed by atoms with Crippen LogP contribution < -0.4 is 10.6 Å². The zero-order valence-electron chi connectivity index (χ0n) is 15.2. The van der Waals surface area contributed by atoms with Crippen LogP contribution in [-0.2, 0) is 14.4 Å². The molecule has 0 fully saturated rings. The summed E-state index contributed by atoms with van der Waals surface area (Å²) in [5, 5.41) is 14.6. The highest BCUT2D eigenvalue weighted by Gasteiger charge is 2.22. The van der Waals surface area contributed by atoms with Gasteiger partial charge in [0.2, 0.25) is 11.8 Å². The maximum Gasteiger partial charge on any atom is 0.320 e. The zero-order valence-corrected chi connectivity index (χ0v) is 15.2. The van der Waals surface area contributed by atoms with E-state index >= 15 is 0 Å². The van der Waals surface area contributed by atoms with E-state index in [0.717, 1.165) is 5.56 Å². The molecule has 25 heavy (non-hydrogen) atoms. The Bertz CT molecular complexity index is 616. The first kappa shape index (κ1) is 20.6. The van der Waals surface area contributed by atoms with E-state index in [2.05, 4.69) is 24.5 Å². The molecule has 0 aliphatic rings. The van der Waals surface area contributed by atoms with E-state index in [1.807, 2.05) is 18.2 Å². The number of carbonyl (C=O) groups excluding carboxylic acids is 2. The summed E-state index contributed by atoms with van der Waals surface area (Å²) < 4.78 is 0. The third-order valence-corrected chi connectivity index (χ3v) is 3.86. The Labute approximate surface area is 148 Å². The number of hydrogen-bond acceptors (Lipinski definition) is 4. The van der Waals surface area contributed by atoms with E-state index in [0.29, 0.717) is 11.6 Å². The first-order valence-electron chi connectivity index (χ1n) is 8.31. The number of carbonyl (C=O) groups is 3. The summed E-state index contributed by atoms with van der Waals surface area (Å²) in [7, 11) is 0. The summed E-state index contributed by atoms with van der Waals surface area (Å²) in [6, 6.07) is 6.74. The van der Waals surface area contributed by atoms with Gasteiger partial charge in [-0.25, -0.2) is 0 Å². The van der Waals surface area contributed by atoms with Gasteiger partial charge in [-0.05, 0) is 30.5 Å². The van der Waals surface area contributed by atoms with Crippen molar-refractivity contribution in [1.29, 1.82) is 0 Å². The maximum absolute atomic E-state index is 12.3. The molecule has 138 valence electrons. The second kappa shape index (κ2) is 9.78. The lowest BCUT2D eigenvalue weighted by molar-refractivity contribution is -0.142. The summed E-state index contributed by atoms with van der Waals surface area (Å²) in [5.41, 5.74) is 1.79. The number of nitrogens with one attached hydrogen (secondary N) is 2. The molecule has 1 rings (SSSR count). The molecule has 0 saturated carbocycles. The normalized spacial score (nSPS) is 12.1. The topological polar surface area (TPSA) is 98.7 Å². The van der Waals surface area contributed by atoms with Gasteiger partial charge in [0.1, 0.15) is 6.04 Å². The van der Waals surface area contributed by atoms with Crippen molar-refractivity contribution in [3.05, 3.63) is 29.8 Å². The van der Waals surface area contributed by atoms with Crippen LogP contribution in [0.15, 0.2) is 24.3 Å². The van der Waals surface area contributed by atoms with E-state index in [-0.39, 0.29) is 31.4 Å². The number of anilines is 1. The molecule has 0 aliphatic carbocycles. The number of benzene rings is 1. The van der Waals surface area contributed by atoms with Gasteiger partial charge in [0.15, 0.2) is 0 Å². The summed E-state index contributed by atoms with van der Waals surface area (Å²) in [6.07, 6.45) is 0. The van der Waals surface area contributed by atoms with Gasteiger partial charge < -0.3 is 15.7 Å². The number of hydrogen-bond donors (Lipinski definition) is 3. The van der Waals surface area contributed by atoms with Crippen LogP contribution in [0.1, 0.15) is 39.2 Å². The van der Waals surface area contributed by atoms with Crippen molar-refractivity contribution in [2.24, 2.45) is 0 Å². The molecule has 0 saturated heterocycles. The Morgan fingerprint density at radius 2 is 1.88 bits per heavy atom. The van der Waals surface area contributed by atoms with Crippen LogP contribution in [0.4, 0.5) is 5.69 Å². The number of carboxylic acids is 1. The van der Waals surface area contributed by atoms with Gasteiger partial charge in [0, 0.05) is 25.7 Å². The van der Waals surface area contributed by atoms with Gasteiger partial charge in [-0.3, -0.25) is 19.3 Å². The number of nitrogens with zero attached hydrogens (tertiary/aromatic N) is 1. The van der Waals surface area contributed by atoms with Crippen molar-refractivity contribution in [3.63, 3.8) is 0 Å². The van der Waals surface area contributed by atoms with E-state index < -0.39 is 12.0 Å². The van der Waals surface area contributed by atoms with Crippen LogP contribution in [-0.4, -0.2) is 53.5 Å². The van der Waals surface area contributed by atoms with Crippen molar-refractivity contribution in [1.82, 2.24) is 10.2 Å². The number of rotatable bonds is 9. The second-order valence-corrected chi connectivity index (χ2v) is 6.30. The summed E-state index contributed by atoms with van der Waals surface area (Å²) in [5.74, 6) is -1.16. The van der Waals surface area contributed by atoms with Crippen molar-refractivity contribution >= 4 is 23.5 Å². The fourth-order valence-corrected chi connectivity index (χ4v) is 2.30. The quantitative estimate of drug-likeness (QED) is 0.630. The van der Waals surface area contributed by atoms with Crippen LogP contribution in [0.5, 0.6) is 0 Å². The molecule has 0 radical (unpaired) electrons. The molecule has 1 aromatic carbocycles. The summed E-state index contributed by atoms with van der Waals surface area (Å²) in [6.45, 7) is 7.52. The minimum Gasteiger partial charge on any atom is -0.480 e. The van der Waals surface area contributed by atoms with Gasteiger partial charge in [0.05, 0.1) is 6.54 Å². The third kappa shape index (κ3) is 7.34. The van der Waals surface area contributed by atoms with Crippen LogP contribution in [0.25, 0.3) is 0 Å². The lowest BCUT2D eigenvalue weighted by Crippen LogP contribution is -2.46. The Hall–Kier alpha value is -2.41. The number of carboxylic acid groups (broad SMARTS) is 1. The zero-order chi connectivity index (χ0) is 19.0. The van der Waals surface area contributed by atoms with Crippen molar-refractivity contribution in [2.45, 2.75) is 39.7 Å². The Morgan fingerprint density at radius 1 is 1.20 bits per heavy atom. The van der Waals surface area contributed by atoms with E-state index in [4.69, 9.17) is 0 Å². The average molecular weight is 349 g/mol. The summed E-state index contributed by atoms with van der Waals surface area (Å²) >= 11 is 0. The number of amides is 2. The SMILES string of the molecule is CC(=O)NCCN(CC(=O)Nc1cccc(C(C)C)c1)C(C)C(=O)O. The molecule has 0 bridgehead atoms. The Balaban J connectivity index is 2.71. The Kier molecular flexibility index (Phi) is 8.07. The molecule has 7 heteroatoms. The minimum absolute atomic E-state index is 0.0705. The van der Waals surface area contributed by atoms with Crippen molar-refractivity contribution in [2.75, 3.05) is 25.0 Å². The standard InChI is InChI=1S/C18H27N3O4/c1-12(2)15-6-5-7-16(10-15)20-17(23)11-21(13(3)18(24)25)9-8-19-14(4)22/h5-7,10,12-13H,8-9,11H2,1-4H3,(H,19,22)(H,20,23)(H,24,25). The first-order valence-corrected chi connectivity index (χ1v) is 8.31. The van der Waals surface area contributed by atoms with Gasteiger partial charge in [-0.2, -0.15) is 0 Å². The van der Waals surface area contributed by atoms with E-state index in [9.17, 15) is 19.5 Å². The third-order valence-electron chi connectivity index (χ3n) is 3.86. The molecule has 0 aliphatic heterocycles. The van der Waals surface area contributed by atoms with Gasteiger partial charge >= 0.3 is 5.97 Å². The molecule has 1 atom stereocenters. The smallest absolute Gasteiger partial charge is 0.320 e. The second-order valence-electron chi connectivity index (χ2n) is 6.30.